The largest absolute Gasteiger partial charge is 0.310 e. The standard InChI is InChI=1S/C72H49N3S2.C60H41N3S2/c1-6-19-50(20-7-1)51-33-39-59(40-34-51)75(62-41-43-65-64-31-16-17-32-68(64)76-69(65)49-62)67-46-45-63(53-21-8-2-9-22-53)71-66-44-42-61(48-70(66)77-72(67)71)74(57-28-14-5-15-29-57)58-37-35-52(36-38-58)54-23-18-30-60(47-54)73(55-24-10-3-11-25-55)56-26-12-4-13-27-56;1-5-17-44(18-6-1)61(45-19-7-2-8-20-45)49-25-15-16-43(38-49)42-28-30-48(31-29-42)63(51-34-36-58-55(40-51)53-26-13-14-27-57(53)64-58)52-32-35-54-56-39-50(33-37-59(56)65-60(54)41-52)62(46-21-9-3-10-22-46)47-23-11-4-12-24-47/h1-49H;1-41H. The number of hydrogen-bond donors (Lipinski definition) is 0. The molecule has 0 aliphatic heterocycles. The van der Waals surface area contributed by atoms with Gasteiger partial charge in [0, 0.05) is 173 Å². The lowest BCUT2D eigenvalue weighted by Crippen LogP contribution is -2.10. The molecule has 0 aliphatic rings. The summed E-state index contributed by atoms with van der Waals surface area (Å²) in [5.74, 6) is 0. The van der Waals surface area contributed by atoms with Crippen molar-refractivity contribution in [3.63, 3.8) is 0 Å². The molecular weight excluding hydrogens is 1800 g/mol. The van der Waals surface area contributed by atoms with Crippen LogP contribution in [-0.4, -0.2) is 0 Å². The van der Waals surface area contributed by atoms with Crippen LogP contribution in [0.4, 0.5) is 102 Å². The molecule has 142 heavy (non-hydrogen) atoms. The highest BCUT2D eigenvalue weighted by Crippen LogP contribution is 2.54. The molecule has 0 unspecified atom stereocenters. The van der Waals surface area contributed by atoms with Gasteiger partial charge in [0.2, 0.25) is 0 Å². The van der Waals surface area contributed by atoms with E-state index in [2.05, 4.69) is 575 Å². The van der Waals surface area contributed by atoms with Gasteiger partial charge >= 0.3 is 0 Å². The summed E-state index contributed by atoms with van der Waals surface area (Å²) in [6, 6.07) is 198. The highest BCUT2D eigenvalue weighted by Gasteiger charge is 2.27. The quantitative estimate of drug-likeness (QED) is 0.0669. The molecule has 4 aromatic heterocycles. The topological polar surface area (TPSA) is 19.4 Å². The number of fused-ring (bicyclic) bond motifs is 12. The van der Waals surface area contributed by atoms with E-state index in [9.17, 15) is 0 Å². The second kappa shape index (κ2) is 38.1. The maximum absolute atomic E-state index is 2.47. The third-order valence-electron chi connectivity index (χ3n) is 26.8. The van der Waals surface area contributed by atoms with Crippen LogP contribution >= 0.6 is 45.3 Å². The van der Waals surface area contributed by atoms with E-state index >= 15 is 0 Å². The average molecular weight is 1890 g/mol. The van der Waals surface area contributed by atoms with Crippen molar-refractivity contribution in [3.05, 3.63) is 546 Å². The minimum Gasteiger partial charge on any atom is -0.310 e. The first-order valence-electron chi connectivity index (χ1n) is 48.0. The van der Waals surface area contributed by atoms with Crippen molar-refractivity contribution in [3.8, 4) is 44.5 Å². The lowest BCUT2D eigenvalue weighted by molar-refractivity contribution is 1.28. The Morgan fingerprint density at radius 3 is 0.761 bits per heavy atom. The summed E-state index contributed by atoms with van der Waals surface area (Å²) in [7, 11) is 0. The fraction of sp³-hybridized carbons (Fsp3) is 0. The minimum atomic E-state index is 1.08. The Hall–Kier alpha value is -17.5. The van der Waals surface area contributed by atoms with Crippen molar-refractivity contribution in [2.75, 3.05) is 29.4 Å². The van der Waals surface area contributed by atoms with Crippen LogP contribution in [0.1, 0.15) is 0 Å². The van der Waals surface area contributed by atoms with Crippen LogP contribution in [0.15, 0.2) is 546 Å². The first-order valence-corrected chi connectivity index (χ1v) is 51.2. The number of thiophene rings is 4. The van der Waals surface area contributed by atoms with E-state index in [-0.39, 0.29) is 0 Å². The van der Waals surface area contributed by atoms with Gasteiger partial charge in [-0.15, -0.1) is 45.3 Å². The predicted octanol–water partition coefficient (Wildman–Crippen LogP) is 40.3. The Kier molecular flexibility index (Phi) is 23.1. The number of hydrogen-bond acceptors (Lipinski definition) is 10. The van der Waals surface area contributed by atoms with E-state index in [1.54, 1.807) is 0 Å². The highest BCUT2D eigenvalue weighted by molar-refractivity contribution is 7.27. The predicted molar refractivity (Wildman–Crippen MR) is 614 cm³/mol. The lowest BCUT2D eigenvalue weighted by atomic mass is 9.98. The molecule has 10 heteroatoms. The normalized spacial score (nSPS) is 11.4. The number of para-hydroxylation sites is 7. The molecule has 0 amide bonds. The Morgan fingerprint density at radius 2 is 0.359 bits per heavy atom. The second-order valence-electron chi connectivity index (χ2n) is 35.5. The van der Waals surface area contributed by atoms with Gasteiger partial charge in [-0.2, -0.15) is 0 Å². The first kappa shape index (κ1) is 86.1. The van der Waals surface area contributed by atoms with Crippen molar-refractivity contribution in [2.24, 2.45) is 0 Å². The summed E-state index contributed by atoms with van der Waals surface area (Å²) in [4.78, 5) is 14.2. The third kappa shape index (κ3) is 16.8. The van der Waals surface area contributed by atoms with Crippen molar-refractivity contribution in [2.45, 2.75) is 0 Å². The molecule has 0 N–H and O–H groups in total. The van der Waals surface area contributed by atoms with Crippen LogP contribution in [0.3, 0.4) is 0 Å². The Balaban J connectivity index is 0.000000151. The summed E-state index contributed by atoms with van der Waals surface area (Å²) in [5.41, 5.74) is 29.5. The summed E-state index contributed by atoms with van der Waals surface area (Å²) >= 11 is 7.44. The molecule has 26 aromatic rings. The zero-order chi connectivity index (χ0) is 94.2. The molecule has 6 nitrogen and oxygen atoms in total. The van der Waals surface area contributed by atoms with E-state index < -0.39 is 0 Å². The second-order valence-corrected chi connectivity index (χ2v) is 39.8. The average Bonchev–Trinajstić information content (AvgIpc) is 1.56. The van der Waals surface area contributed by atoms with Crippen LogP contribution in [0.5, 0.6) is 0 Å². The van der Waals surface area contributed by atoms with Gasteiger partial charge in [0.25, 0.3) is 0 Å². The minimum absolute atomic E-state index is 1.08. The molecule has 22 aromatic carbocycles. The molecule has 0 bridgehead atoms. The molecule has 0 atom stereocenters. The Morgan fingerprint density at radius 1 is 0.120 bits per heavy atom. The van der Waals surface area contributed by atoms with Gasteiger partial charge in [-0.05, 0) is 281 Å². The summed E-state index contributed by atoms with van der Waals surface area (Å²) in [6.45, 7) is 0. The van der Waals surface area contributed by atoms with E-state index in [1.165, 1.54) is 103 Å². The monoisotopic (exact) mass is 1890 g/mol. The molecule has 0 saturated heterocycles. The molecular formula is C132H90N6S4. The summed E-state index contributed by atoms with van der Waals surface area (Å²) in [5, 5.41) is 10.2. The fourth-order valence-electron chi connectivity index (χ4n) is 20.2. The van der Waals surface area contributed by atoms with Gasteiger partial charge in [-0.1, -0.05) is 309 Å². The van der Waals surface area contributed by atoms with Gasteiger partial charge in [0.1, 0.15) is 0 Å². The van der Waals surface area contributed by atoms with Crippen LogP contribution in [0.25, 0.3) is 125 Å². The maximum Gasteiger partial charge on any atom is 0.0640 e. The van der Waals surface area contributed by atoms with Gasteiger partial charge in [0.15, 0.2) is 0 Å². The SMILES string of the molecule is c1ccc(-c2ccc(N(c3ccc4c(c3)sc3ccccc34)c3ccc(-c4ccccc4)c4c3sc3cc(N(c5ccccc5)c5ccc(-c6cccc(N(c7ccccc7)c7ccccc7)c6)cc5)ccc34)cc2)cc1.c1ccc(N(c2ccccc2)c2cccc(-c3ccc(N(c4ccc5c(c4)sc4ccc(N(c6ccccc6)c6ccccc6)cc45)c4ccc5sc6ccccc6c5c4)cc3)c2)cc1. The molecule has 0 fully saturated rings. The van der Waals surface area contributed by atoms with Gasteiger partial charge in [-0.25, -0.2) is 0 Å². The van der Waals surface area contributed by atoms with Crippen molar-refractivity contribution >= 4 is 228 Å². The zero-order valence-electron chi connectivity index (χ0n) is 77.3. The van der Waals surface area contributed by atoms with E-state index in [1.807, 2.05) is 45.3 Å². The lowest BCUT2D eigenvalue weighted by Gasteiger charge is -2.27. The van der Waals surface area contributed by atoms with Crippen molar-refractivity contribution in [1.29, 1.82) is 0 Å². The van der Waals surface area contributed by atoms with E-state index in [0.717, 1.165) is 125 Å². The molecule has 0 radical (unpaired) electrons. The Labute approximate surface area is 841 Å². The molecule has 0 saturated carbocycles. The third-order valence-corrected chi connectivity index (χ3v) is 31.4. The van der Waals surface area contributed by atoms with E-state index in [4.69, 9.17) is 0 Å². The van der Waals surface area contributed by atoms with Crippen LogP contribution in [0.2, 0.25) is 0 Å². The number of anilines is 18. The van der Waals surface area contributed by atoms with Crippen molar-refractivity contribution in [1.82, 2.24) is 0 Å². The molecule has 26 rings (SSSR count). The molecule has 0 aliphatic carbocycles. The smallest absolute Gasteiger partial charge is 0.0640 e. The summed E-state index contributed by atoms with van der Waals surface area (Å²) in [6.07, 6.45) is 0. The van der Waals surface area contributed by atoms with Crippen LogP contribution in [-0.2, 0) is 0 Å². The molecule has 672 valence electrons. The fourth-order valence-corrected chi connectivity index (χ4v) is 24.8. The number of benzene rings is 22. The van der Waals surface area contributed by atoms with Gasteiger partial charge < -0.3 is 29.4 Å². The van der Waals surface area contributed by atoms with Crippen LogP contribution in [0, 0.1) is 0 Å². The maximum atomic E-state index is 2.47. The number of nitrogens with zero attached hydrogens (tertiary/aromatic N) is 6. The van der Waals surface area contributed by atoms with Gasteiger partial charge in [-0.3, -0.25) is 0 Å². The Bertz CT molecular complexity index is 8900. The van der Waals surface area contributed by atoms with Gasteiger partial charge in [0.05, 0.1) is 10.4 Å². The highest BCUT2D eigenvalue weighted by atomic mass is 32.1. The zero-order valence-corrected chi connectivity index (χ0v) is 80.5. The first-order chi connectivity index (χ1) is 70.4. The summed E-state index contributed by atoms with van der Waals surface area (Å²) < 4.78 is 10.1. The molecule has 0 spiro atoms. The molecule has 4 heterocycles. The van der Waals surface area contributed by atoms with E-state index in [0.29, 0.717) is 0 Å². The number of rotatable bonds is 22. The van der Waals surface area contributed by atoms with Crippen molar-refractivity contribution < 1.29 is 0 Å². The van der Waals surface area contributed by atoms with Crippen LogP contribution < -0.4 is 29.4 Å².